The van der Waals surface area contributed by atoms with Crippen LogP contribution in [0.4, 0.5) is 11.4 Å². The molecule has 2 N–H and O–H groups in total. The zero-order valence-electron chi connectivity index (χ0n) is 13.4. The van der Waals surface area contributed by atoms with Crippen LogP contribution in [0.25, 0.3) is 0 Å². The number of halogens is 2. The summed E-state index contributed by atoms with van der Waals surface area (Å²) in [7, 11) is 0. The van der Waals surface area contributed by atoms with Gasteiger partial charge in [-0.2, -0.15) is 0 Å². The molecule has 0 saturated heterocycles. The molecular weight excluding hydrogens is 490 g/mol. The van der Waals surface area contributed by atoms with E-state index >= 15 is 0 Å². The summed E-state index contributed by atoms with van der Waals surface area (Å²) < 4.78 is 7.14. The average Bonchev–Trinajstić information content (AvgIpc) is 2.53. The highest BCUT2D eigenvalue weighted by Crippen LogP contribution is 2.32. The van der Waals surface area contributed by atoms with Crippen LogP contribution in [0.2, 0.25) is 0 Å². The molecule has 0 aliphatic rings. The van der Waals surface area contributed by atoms with Gasteiger partial charge >= 0.3 is 0 Å². The Hall–Kier alpha value is -2.04. The van der Waals surface area contributed by atoms with Gasteiger partial charge in [-0.1, -0.05) is 22.0 Å². The van der Waals surface area contributed by atoms with E-state index in [2.05, 4.69) is 42.5 Å². The van der Waals surface area contributed by atoms with Gasteiger partial charge in [0.05, 0.1) is 9.40 Å². The number of nitro groups is 1. The largest absolute Gasteiger partial charge is 0.482 e. The van der Waals surface area contributed by atoms with Crippen LogP contribution in [0, 0.1) is 17.0 Å². The lowest BCUT2D eigenvalue weighted by molar-refractivity contribution is -0.384. The lowest BCUT2D eigenvalue weighted by Gasteiger charge is -2.13. The third-order valence-corrected chi connectivity index (χ3v) is 4.36. The van der Waals surface area contributed by atoms with Gasteiger partial charge in [0.1, 0.15) is 5.75 Å². The molecule has 1 amide bonds. The first kappa shape index (κ1) is 20.3. The fourth-order valence-electron chi connectivity index (χ4n) is 2.03. The first-order chi connectivity index (χ1) is 12.3. The van der Waals surface area contributed by atoms with Gasteiger partial charge in [0.25, 0.3) is 11.6 Å². The number of amides is 1. The van der Waals surface area contributed by atoms with E-state index in [0.29, 0.717) is 11.4 Å². The van der Waals surface area contributed by atoms with Crippen molar-refractivity contribution in [2.75, 3.05) is 11.9 Å². The number of carbonyl (C=O) groups excluding carboxylic acids is 1. The van der Waals surface area contributed by atoms with Crippen LogP contribution in [-0.4, -0.2) is 22.5 Å². The summed E-state index contributed by atoms with van der Waals surface area (Å²) in [6.07, 6.45) is 0. The number of aryl methyl sites for hydroxylation is 1. The number of ether oxygens (including phenoxy) is 1. The Morgan fingerprint density at radius 3 is 2.69 bits per heavy atom. The number of hydrogen-bond acceptors (Lipinski definition) is 5. The fraction of sp³-hybridized carbons (Fsp3) is 0.125. The van der Waals surface area contributed by atoms with Crippen LogP contribution in [-0.2, 0) is 4.79 Å². The van der Waals surface area contributed by atoms with Crippen molar-refractivity contribution in [1.29, 1.82) is 0 Å². The number of nitrogens with one attached hydrogen (secondary N) is 2. The van der Waals surface area contributed by atoms with Crippen LogP contribution in [0.5, 0.6) is 5.75 Å². The lowest BCUT2D eigenvalue weighted by Crippen LogP contribution is -2.37. The Bertz CT molecular complexity index is 853. The average molecular weight is 503 g/mol. The quantitative estimate of drug-likeness (QED) is 0.359. The molecule has 0 atom stereocenters. The molecule has 2 rings (SSSR count). The number of hydrogen-bond donors (Lipinski definition) is 2. The van der Waals surface area contributed by atoms with Crippen LogP contribution in [0.1, 0.15) is 5.56 Å². The molecule has 0 bridgehead atoms. The Morgan fingerprint density at radius 1 is 1.31 bits per heavy atom. The molecular formula is C16H13Br2N3O4S. The van der Waals surface area contributed by atoms with E-state index in [-0.39, 0.29) is 17.4 Å². The first-order valence-corrected chi connectivity index (χ1v) is 9.19. The normalized spacial score (nSPS) is 10.1. The molecule has 0 heterocycles. The van der Waals surface area contributed by atoms with E-state index in [9.17, 15) is 14.9 Å². The highest BCUT2D eigenvalue weighted by Gasteiger charge is 2.12. The van der Waals surface area contributed by atoms with Crippen molar-refractivity contribution in [3.63, 3.8) is 0 Å². The van der Waals surface area contributed by atoms with E-state index in [0.717, 1.165) is 14.5 Å². The minimum absolute atomic E-state index is 0.0192. The molecule has 10 heteroatoms. The fourth-order valence-corrected chi connectivity index (χ4v) is 3.82. The standard InChI is InChI=1S/C16H13Br2N3O4S/c1-9-5-10(17)6-13(18)15(9)25-8-14(22)20-16(26)19-11-3-2-4-12(7-11)21(23)24/h2-7H,8H2,1H3,(H2,19,20,22,26). The topological polar surface area (TPSA) is 93.5 Å². The van der Waals surface area contributed by atoms with Crippen LogP contribution in [0.3, 0.4) is 0 Å². The van der Waals surface area contributed by atoms with E-state index in [1.54, 1.807) is 6.07 Å². The number of nitro benzene ring substituents is 1. The molecule has 0 fully saturated rings. The molecule has 0 spiro atoms. The summed E-state index contributed by atoms with van der Waals surface area (Å²) in [5, 5.41) is 16.0. The second-order valence-electron chi connectivity index (χ2n) is 5.13. The summed E-state index contributed by atoms with van der Waals surface area (Å²) >= 11 is 11.8. The Kier molecular flexibility index (Phi) is 7.06. The Labute approximate surface area is 171 Å². The van der Waals surface area contributed by atoms with Gasteiger partial charge in [-0.3, -0.25) is 20.2 Å². The van der Waals surface area contributed by atoms with E-state index in [1.807, 2.05) is 19.1 Å². The lowest BCUT2D eigenvalue weighted by atomic mass is 10.2. The van der Waals surface area contributed by atoms with Crippen molar-refractivity contribution in [1.82, 2.24) is 5.32 Å². The third-order valence-electron chi connectivity index (χ3n) is 3.11. The summed E-state index contributed by atoms with van der Waals surface area (Å²) in [4.78, 5) is 22.2. The molecule has 136 valence electrons. The number of thiocarbonyl (C=S) groups is 1. The number of non-ortho nitro benzene ring substituents is 1. The minimum Gasteiger partial charge on any atom is -0.482 e. The summed E-state index contributed by atoms with van der Waals surface area (Å²) in [6, 6.07) is 9.48. The molecule has 2 aromatic rings. The second kappa shape index (κ2) is 9.06. The van der Waals surface area contributed by atoms with E-state index < -0.39 is 10.8 Å². The molecule has 0 aliphatic carbocycles. The van der Waals surface area contributed by atoms with E-state index in [4.69, 9.17) is 17.0 Å². The zero-order chi connectivity index (χ0) is 19.3. The summed E-state index contributed by atoms with van der Waals surface area (Å²) in [5.74, 6) is 0.100. The van der Waals surface area contributed by atoms with Gasteiger partial charge in [0.15, 0.2) is 11.7 Å². The third kappa shape index (κ3) is 5.75. The van der Waals surface area contributed by atoms with Gasteiger partial charge in [0.2, 0.25) is 0 Å². The molecule has 2 aromatic carbocycles. The molecule has 26 heavy (non-hydrogen) atoms. The van der Waals surface area contributed by atoms with Gasteiger partial charge in [-0.15, -0.1) is 0 Å². The van der Waals surface area contributed by atoms with Gasteiger partial charge in [0, 0.05) is 22.3 Å². The van der Waals surface area contributed by atoms with Crippen molar-refractivity contribution in [2.24, 2.45) is 0 Å². The van der Waals surface area contributed by atoms with Gasteiger partial charge in [-0.25, -0.2) is 0 Å². The predicted octanol–water partition coefficient (Wildman–Crippen LogP) is 4.32. The maximum atomic E-state index is 12.0. The number of nitrogens with zero attached hydrogens (tertiary/aromatic N) is 1. The van der Waals surface area contributed by atoms with Crippen LogP contribution >= 0.6 is 44.1 Å². The van der Waals surface area contributed by atoms with Gasteiger partial charge < -0.3 is 10.1 Å². The smallest absolute Gasteiger partial charge is 0.271 e. The second-order valence-corrected chi connectivity index (χ2v) is 7.31. The number of benzene rings is 2. The van der Waals surface area contributed by atoms with Crippen molar-refractivity contribution < 1.29 is 14.5 Å². The van der Waals surface area contributed by atoms with Crippen molar-refractivity contribution >= 4 is 66.5 Å². The summed E-state index contributed by atoms with van der Waals surface area (Å²) in [6.45, 7) is 1.62. The van der Waals surface area contributed by atoms with Crippen molar-refractivity contribution in [3.8, 4) is 5.75 Å². The number of carbonyl (C=O) groups is 1. The predicted molar refractivity (Wildman–Crippen MR) is 110 cm³/mol. The van der Waals surface area contributed by atoms with Gasteiger partial charge in [-0.05, 0) is 58.8 Å². The zero-order valence-corrected chi connectivity index (χ0v) is 17.4. The maximum Gasteiger partial charge on any atom is 0.271 e. The molecule has 0 unspecified atom stereocenters. The highest BCUT2D eigenvalue weighted by molar-refractivity contribution is 9.11. The molecule has 0 aliphatic heterocycles. The monoisotopic (exact) mass is 501 g/mol. The summed E-state index contributed by atoms with van der Waals surface area (Å²) in [5.41, 5.74) is 1.18. The van der Waals surface area contributed by atoms with E-state index in [1.165, 1.54) is 18.2 Å². The molecule has 0 radical (unpaired) electrons. The first-order valence-electron chi connectivity index (χ1n) is 7.20. The number of anilines is 1. The molecule has 0 aromatic heterocycles. The number of rotatable bonds is 5. The maximum absolute atomic E-state index is 12.0. The van der Waals surface area contributed by atoms with Crippen LogP contribution < -0.4 is 15.4 Å². The minimum atomic E-state index is -0.515. The Balaban J connectivity index is 1.91. The van der Waals surface area contributed by atoms with Crippen molar-refractivity contribution in [3.05, 3.63) is 61.0 Å². The molecule has 0 saturated carbocycles. The van der Waals surface area contributed by atoms with Crippen LogP contribution in [0.15, 0.2) is 45.3 Å². The SMILES string of the molecule is Cc1cc(Br)cc(Br)c1OCC(=O)NC(=S)Nc1cccc([N+](=O)[O-])c1. The Morgan fingerprint density at radius 2 is 2.04 bits per heavy atom. The highest BCUT2D eigenvalue weighted by atomic mass is 79.9. The van der Waals surface area contributed by atoms with Crippen molar-refractivity contribution in [2.45, 2.75) is 6.92 Å². The molecule has 7 nitrogen and oxygen atoms in total.